The zero-order valence-corrected chi connectivity index (χ0v) is 14.5. The summed E-state index contributed by atoms with van der Waals surface area (Å²) in [5, 5.41) is 14.5. The van der Waals surface area contributed by atoms with Crippen molar-refractivity contribution < 1.29 is 13.3 Å². The topological polar surface area (TPSA) is 101 Å². The summed E-state index contributed by atoms with van der Waals surface area (Å²) in [5.74, 6) is 0. The monoisotopic (exact) mass is 361 g/mol. The van der Waals surface area contributed by atoms with Gasteiger partial charge < -0.3 is 5.32 Å². The fourth-order valence-electron chi connectivity index (χ4n) is 3.04. The molecule has 2 N–H and O–H groups in total. The van der Waals surface area contributed by atoms with E-state index in [4.69, 9.17) is 0 Å². The molecule has 0 spiro atoms. The highest BCUT2D eigenvalue weighted by Crippen LogP contribution is 2.26. The lowest BCUT2D eigenvalue weighted by molar-refractivity contribution is -0.387. The lowest BCUT2D eigenvalue weighted by Crippen LogP contribution is -2.38. The van der Waals surface area contributed by atoms with Crippen LogP contribution in [0, 0.1) is 17.0 Å². The van der Waals surface area contributed by atoms with Gasteiger partial charge in [-0.1, -0.05) is 30.3 Å². The van der Waals surface area contributed by atoms with Gasteiger partial charge in [-0.05, 0) is 42.6 Å². The van der Waals surface area contributed by atoms with E-state index >= 15 is 0 Å². The number of hydrogen-bond acceptors (Lipinski definition) is 5. The molecule has 0 aliphatic carbocycles. The highest BCUT2D eigenvalue weighted by molar-refractivity contribution is 7.89. The summed E-state index contributed by atoms with van der Waals surface area (Å²) in [6.45, 7) is 2.57. The minimum atomic E-state index is -3.99. The van der Waals surface area contributed by atoms with Crippen molar-refractivity contribution in [3.63, 3.8) is 0 Å². The molecule has 1 unspecified atom stereocenters. The number of fused-ring (bicyclic) bond motifs is 1. The average Bonchev–Trinajstić information content (AvgIpc) is 2.59. The predicted octanol–water partition coefficient (Wildman–Crippen LogP) is 2.07. The molecule has 0 bridgehead atoms. The maximum absolute atomic E-state index is 12.6. The summed E-state index contributed by atoms with van der Waals surface area (Å²) < 4.78 is 27.7. The summed E-state index contributed by atoms with van der Waals surface area (Å²) in [7, 11) is -3.99. The Labute approximate surface area is 146 Å². The quantitative estimate of drug-likeness (QED) is 0.627. The van der Waals surface area contributed by atoms with Crippen LogP contribution in [0.4, 0.5) is 5.69 Å². The van der Waals surface area contributed by atoms with E-state index in [0.717, 1.165) is 18.5 Å². The van der Waals surface area contributed by atoms with Crippen LogP contribution in [0.3, 0.4) is 0 Å². The summed E-state index contributed by atoms with van der Waals surface area (Å²) in [6, 6.07) is 11.8. The largest absolute Gasteiger partial charge is 0.308 e. The fraction of sp³-hybridized carbons (Fsp3) is 0.294. The van der Waals surface area contributed by atoms with Crippen LogP contribution in [0.15, 0.2) is 47.4 Å². The molecule has 7 nitrogen and oxygen atoms in total. The Bertz CT molecular complexity index is 912. The molecule has 132 valence electrons. The first-order valence-corrected chi connectivity index (χ1v) is 9.43. The van der Waals surface area contributed by atoms with E-state index in [0.29, 0.717) is 5.56 Å². The van der Waals surface area contributed by atoms with Crippen LogP contribution in [-0.2, 0) is 16.4 Å². The number of benzene rings is 2. The summed E-state index contributed by atoms with van der Waals surface area (Å²) in [5.41, 5.74) is 2.46. The first kappa shape index (κ1) is 17.5. The van der Waals surface area contributed by atoms with Crippen molar-refractivity contribution >= 4 is 15.7 Å². The lowest BCUT2D eigenvalue weighted by atomic mass is 9.95. The van der Waals surface area contributed by atoms with E-state index in [1.54, 1.807) is 13.0 Å². The number of nitro benzene ring substituents is 1. The van der Waals surface area contributed by atoms with Crippen LogP contribution in [0.25, 0.3) is 0 Å². The van der Waals surface area contributed by atoms with Crippen molar-refractivity contribution in [2.24, 2.45) is 0 Å². The van der Waals surface area contributed by atoms with Crippen LogP contribution in [0.5, 0.6) is 0 Å². The summed E-state index contributed by atoms with van der Waals surface area (Å²) in [6.07, 6.45) is 0.892. The van der Waals surface area contributed by atoms with E-state index < -0.39 is 20.6 Å². The number of nitrogens with one attached hydrogen (secondary N) is 2. The van der Waals surface area contributed by atoms with E-state index in [9.17, 15) is 18.5 Å². The molecule has 0 radical (unpaired) electrons. The Morgan fingerprint density at radius 3 is 2.80 bits per heavy atom. The summed E-state index contributed by atoms with van der Waals surface area (Å²) in [4.78, 5) is 10.2. The molecule has 0 saturated heterocycles. The SMILES string of the molecule is Cc1ccc(S(=O)(=O)NCC2NCCc3ccccc32)c([N+](=O)[O-])c1. The lowest BCUT2D eigenvalue weighted by Gasteiger charge is -2.27. The van der Waals surface area contributed by atoms with Gasteiger partial charge in [-0.25, -0.2) is 13.1 Å². The van der Waals surface area contributed by atoms with Crippen molar-refractivity contribution in [1.82, 2.24) is 10.0 Å². The maximum Gasteiger partial charge on any atom is 0.289 e. The Balaban J connectivity index is 1.83. The molecule has 0 fully saturated rings. The molecule has 1 heterocycles. The zero-order valence-electron chi connectivity index (χ0n) is 13.7. The Morgan fingerprint density at radius 2 is 2.04 bits per heavy atom. The summed E-state index contributed by atoms with van der Waals surface area (Å²) >= 11 is 0. The number of hydrogen-bond donors (Lipinski definition) is 2. The third kappa shape index (κ3) is 3.71. The second-order valence-electron chi connectivity index (χ2n) is 6.04. The van der Waals surface area contributed by atoms with Gasteiger partial charge >= 0.3 is 0 Å². The fourth-order valence-corrected chi connectivity index (χ4v) is 4.24. The smallest absolute Gasteiger partial charge is 0.289 e. The molecule has 2 aromatic carbocycles. The Hall–Kier alpha value is -2.29. The highest BCUT2D eigenvalue weighted by atomic mass is 32.2. The standard InChI is InChI=1S/C17H19N3O4S/c1-12-6-7-17(16(10-12)20(21)22)25(23,24)19-11-15-14-5-3-2-4-13(14)8-9-18-15/h2-7,10,15,18-19H,8-9,11H2,1H3. The minimum absolute atomic E-state index is 0.129. The molecule has 3 rings (SSSR count). The number of rotatable bonds is 5. The molecule has 0 amide bonds. The van der Waals surface area contributed by atoms with Crippen LogP contribution in [-0.4, -0.2) is 26.4 Å². The van der Waals surface area contributed by atoms with Crippen molar-refractivity contribution in [3.8, 4) is 0 Å². The van der Waals surface area contributed by atoms with Gasteiger partial charge in [0.1, 0.15) is 0 Å². The van der Waals surface area contributed by atoms with Crippen LogP contribution in [0.1, 0.15) is 22.7 Å². The number of aryl methyl sites for hydroxylation is 1. The molecular formula is C17H19N3O4S. The van der Waals surface area contributed by atoms with Gasteiger partial charge in [-0.2, -0.15) is 0 Å². The zero-order chi connectivity index (χ0) is 18.0. The molecule has 2 aromatic rings. The molecule has 1 aliphatic rings. The van der Waals surface area contributed by atoms with Gasteiger partial charge in [0.2, 0.25) is 10.0 Å². The van der Waals surface area contributed by atoms with Gasteiger partial charge in [0.05, 0.1) is 4.92 Å². The highest BCUT2D eigenvalue weighted by Gasteiger charge is 2.27. The Morgan fingerprint density at radius 1 is 1.28 bits per heavy atom. The van der Waals surface area contributed by atoms with Crippen molar-refractivity contribution in [1.29, 1.82) is 0 Å². The molecule has 8 heteroatoms. The number of nitro groups is 1. The molecule has 0 saturated carbocycles. The molecule has 1 atom stereocenters. The average molecular weight is 361 g/mol. The van der Waals surface area contributed by atoms with E-state index in [1.807, 2.05) is 24.3 Å². The molecule has 0 aromatic heterocycles. The second kappa shape index (κ2) is 6.91. The van der Waals surface area contributed by atoms with E-state index in [-0.39, 0.29) is 17.5 Å². The van der Waals surface area contributed by atoms with Gasteiger partial charge in [0, 0.05) is 18.7 Å². The normalized spacial score (nSPS) is 17.1. The van der Waals surface area contributed by atoms with Gasteiger partial charge in [0.15, 0.2) is 4.90 Å². The van der Waals surface area contributed by atoms with E-state index in [1.165, 1.54) is 17.7 Å². The molecule has 25 heavy (non-hydrogen) atoms. The number of sulfonamides is 1. The predicted molar refractivity (Wildman–Crippen MR) is 93.9 cm³/mol. The van der Waals surface area contributed by atoms with Crippen molar-refractivity contribution in [2.45, 2.75) is 24.3 Å². The van der Waals surface area contributed by atoms with Crippen LogP contribution >= 0.6 is 0 Å². The van der Waals surface area contributed by atoms with Gasteiger partial charge in [-0.3, -0.25) is 10.1 Å². The van der Waals surface area contributed by atoms with Crippen LogP contribution < -0.4 is 10.0 Å². The third-order valence-corrected chi connectivity index (χ3v) is 5.76. The Kier molecular flexibility index (Phi) is 4.85. The molecular weight excluding hydrogens is 342 g/mol. The van der Waals surface area contributed by atoms with Crippen molar-refractivity contribution in [2.75, 3.05) is 13.1 Å². The maximum atomic E-state index is 12.6. The third-order valence-electron chi connectivity index (χ3n) is 4.29. The number of nitrogens with zero attached hydrogens (tertiary/aromatic N) is 1. The van der Waals surface area contributed by atoms with Crippen molar-refractivity contribution in [3.05, 3.63) is 69.3 Å². The van der Waals surface area contributed by atoms with Gasteiger partial charge in [0.25, 0.3) is 5.69 Å². The van der Waals surface area contributed by atoms with Crippen LogP contribution in [0.2, 0.25) is 0 Å². The first-order valence-electron chi connectivity index (χ1n) is 7.94. The second-order valence-corrected chi connectivity index (χ2v) is 7.77. The minimum Gasteiger partial charge on any atom is -0.308 e. The van der Waals surface area contributed by atoms with Gasteiger partial charge in [-0.15, -0.1) is 0 Å². The first-order chi connectivity index (χ1) is 11.9. The van der Waals surface area contributed by atoms with E-state index in [2.05, 4.69) is 10.0 Å². The molecule has 1 aliphatic heterocycles.